The molecule has 2 N–H and O–H groups in total. The summed E-state index contributed by atoms with van der Waals surface area (Å²) in [5.41, 5.74) is 2.54. The number of methoxy groups -OCH3 is 1. The molecule has 0 aliphatic heterocycles. The summed E-state index contributed by atoms with van der Waals surface area (Å²) in [6.07, 6.45) is 4.35. The van der Waals surface area contributed by atoms with Crippen molar-refractivity contribution < 1.29 is 19.4 Å². The average Bonchev–Trinajstić information content (AvgIpc) is 3.20. The Balaban J connectivity index is 1.95. The number of rotatable bonds is 12. The number of carbonyl (C=O) groups is 1. The number of nitrogens with zero attached hydrogens (tertiary/aromatic N) is 2. The number of carboxylic acid groups (broad SMARTS) is 1. The molecule has 0 fully saturated rings. The van der Waals surface area contributed by atoms with Crippen LogP contribution in [0.3, 0.4) is 0 Å². The predicted octanol–water partition coefficient (Wildman–Crippen LogP) is 6.20. The number of benzene rings is 1. The lowest BCUT2D eigenvalue weighted by Crippen LogP contribution is -2.05. The van der Waals surface area contributed by atoms with Gasteiger partial charge in [-0.1, -0.05) is 32.6 Å². The van der Waals surface area contributed by atoms with Crippen molar-refractivity contribution >= 4 is 44.9 Å². The molecule has 0 radical (unpaired) electrons. The number of ether oxygens (including phenoxy) is 2. The van der Waals surface area contributed by atoms with E-state index in [1.54, 1.807) is 19.4 Å². The fourth-order valence-corrected chi connectivity index (χ4v) is 4.76. The SMILES string of the molecule is C=C(SC)c1cnc(Nc2nc(-c3cccc(OCCOC)c3)c(CC(C)C)s2)c(C(=O)O)c1. The molecule has 180 valence electrons. The number of nitrogens with one attached hydrogen (secondary N) is 1. The number of carboxylic acids is 1. The largest absolute Gasteiger partial charge is 0.491 e. The highest BCUT2D eigenvalue weighted by Gasteiger charge is 2.19. The Hall–Kier alpha value is -2.88. The minimum atomic E-state index is -1.06. The highest BCUT2D eigenvalue weighted by atomic mass is 32.2. The number of thioether (sulfide) groups is 1. The quantitative estimate of drug-likeness (QED) is 0.284. The fourth-order valence-electron chi connectivity index (χ4n) is 3.21. The monoisotopic (exact) mass is 499 g/mol. The highest BCUT2D eigenvalue weighted by Crippen LogP contribution is 2.36. The Morgan fingerprint density at radius 1 is 1.29 bits per heavy atom. The molecule has 7 nitrogen and oxygen atoms in total. The Labute approximate surface area is 208 Å². The van der Waals surface area contributed by atoms with Gasteiger partial charge in [-0.15, -0.1) is 23.1 Å². The Bertz CT molecular complexity index is 1160. The number of aromatic nitrogens is 2. The van der Waals surface area contributed by atoms with Gasteiger partial charge in [-0.05, 0) is 36.8 Å². The highest BCUT2D eigenvalue weighted by molar-refractivity contribution is 8.07. The van der Waals surface area contributed by atoms with E-state index in [9.17, 15) is 9.90 Å². The third kappa shape index (κ3) is 6.59. The first-order chi connectivity index (χ1) is 16.3. The maximum absolute atomic E-state index is 11.9. The average molecular weight is 500 g/mol. The number of hydrogen-bond donors (Lipinski definition) is 2. The van der Waals surface area contributed by atoms with Crippen molar-refractivity contribution in [2.75, 3.05) is 31.9 Å². The molecule has 34 heavy (non-hydrogen) atoms. The minimum Gasteiger partial charge on any atom is -0.491 e. The van der Waals surface area contributed by atoms with Crippen LogP contribution < -0.4 is 10.1 Å². The van der Waals surface area contributed by atoms with Crippen molar-refractivity contribution in [2.45, 2.75) is 20.3 Å². The van der Waals surface area contributed by atoms with Crippen LogP contribution in [0.15, 0.2) is 43.1 Å². The van der Waals surface area contributed by atoms with Crippen molar-refractivity contribution in [3.63, 3.8) is 0 Å². The van der Waals surface area contributed by atoms with Gasteiger partial charge < -0.3 is 19.9 Å². The van der Waals surface area contributed by atoms with Crippen LogP contribution in [0.2, 0.25) is 0 Å². The van der Waals surface area contributed by atoms with Gasteiger partial charge in [0, 0.05) is 34.2 Å². The van der Waals surface area contributed by atoms with E-state index in [0.29, 0.717) is 29.8 Å². The summed E-state index contributed by atoms with van der Waals surface area (Å²) in [6.45, 7) is 9.23. The van der Waals surface area contributed by atoms with E-state index >= 15 is 0 Å². The Morgan fingerprint density at radius 2 is 2.09 bits per heavy atom. The maximum atomic E-state index is 11.9. The van der Waals surface area contributed by atoms with Crippen LogP contribution in [0.25, 0.3) is 16.2 Å². The van der Waals surface area contributed by atoms with Gasteiger partial charge >= 0.3 is 5.97 Å². The molecule has 0 atom stereocenters. The van der Waals surface area contributed by atoms with Gasteiger partial charge in [0.25, 0.3) is 0 Å². The lowest BCUT2D eigenvalue weighted by molar-refractivity contribution is 0.0697. The molecule has 0 bridgehead atoms. The second-order valence-corrected chi connectivity index (χ2v) is 9.92. The lowest BCUT2D eigenvalue weighted by atomic mass is 10.0. The molecule has 3 aromatic rings. The first-order valence-electron chi connectivity index (χ1n) is 10.8. The van der Waals surface area contributed by atoms with E-state index in [1.165, 1.54) is 23.1 Å². The zero-order valence-corrected chi connectivity index (χ0v) is 21.4. The summed E-state index contributed by atoms with van der Waals surface area (Å²) in [5.74, 6) is 0.355. The van der Waals surface area contributed by atoms with Crippen LogP contribution in [0.4, 0.5) is 10.9 Å². The third-order valence-electron chi connectivity index (χ3n) is 4.87. The predicted molar refractivity (Wildman–Crippen MR) is 140 cm³/mol. The molecule has 0 unspecified atom stereocenters. The summed E-state index contributed by atoms with van der Waals surface area (Å²) in [7, 11) is 1.64. The normalized spacial score (nSPS) is 11.0. The zero-order chi connectivity index (χ0) is 24.7. The molecule has 2 heterocycles. The fraction of sp³-hybridized carbons (Fsp3) is 0.320. The summed E-state index contributed by atoms with van der Waals surface area (Å²) < 4.78 is 10.8. The number of hydrogen-bond acceptors (Lipinski definition) is 8. The molecule has 0 saturated heterocycles. The third-order valence-corrected chi connectivity index (χ3v) is 6.59. The van der Waals surface area contributed by atoms with Crippen molar-refractivity contribution in [2.24, 2.45) is 5.92 Å². The van der Waals surface area contributed by atoms with Crippen molar-refractivity contribution in [1.29, 1.82) is 0 Å². The van der Waals surface area contributed by atoms with Crippen LogP contribution in [-0.2, 0) is 11.2 Å². The molecule has 9 heteroatoms. The second-order valence-electron chi connectivity index (χ2n) is 7.94. The number of aromatic carboxylic acids is 1. The van der Waals surface area contributed by atoms with Crippen molar-refractivity contribution in [3.8, 4) is 17.0 Å². The Kier molecular flexibility index (Phi) is 9.09. The van der Waals surface area contributed by atoms with E-state index < -0.39 is 5.97 Å². The van der Waals surface area contributed by atoms with Crippen molar-refractivity contribution in [1.82, 2.24) is 9.97 Å². The lowest BCUT2D eigenvalue weighted by Gasteiger charge is -2.09. The Morgan fingerprint density at radius 3 is 2.76 bits per heavy atom. The second kappa shape index (κ2) is 12.0. The van der Waals surface area contributed by atoms with Gasteiger partial charge in [0.05, 0.1) is 12.3 Å². The van der Waals surface area contributed by atoms with Crippen molar-refractivity contribution in [3.05, 3.63) is 59.1 Å². The van der Waals surface area contributed by atoms with Crippen LogP contribution in [0.1, 0.15) is 34.6 Å². The smallest absolute Gasteiger partial charge is 0.339 e. The van der Waals surface area contributed by atoms with Crippen LogP contribution in [-0.4, -0.2) is 47.6 Å². The molecular formula is C25H29N3O4S2. The van der Waals surface area contributed by atoms with E-state index in [1.807, 2.05) is 30.5 Å². The molecular weight excluding hydrogens is 470 g/mol. The van der Waals surface area contributed by atoms with E-state index in [-0.39, 0.29) is 11.4 Å². The molecule has 0 spiro atoms. The number of anilines is 2. The summed E-state index contributed by atoms with van der Waals surface area (Å²) >= 11 is 2.95. The molecule has 3 rings (SSSR count). The van der Waals surface area contributed by atoms with E-state index in [4.69, 9.17) is 14.5 Å². The van der Waals surface area contributed by atoms with Crippen LogP contribution >= 0.6 is 23.1 Å². The zero-order valence-electron chi connectivity index (χ0n) is 19.8. The van der Waals surface area contributed by atoms with Crippen LogP contribution in [0, 0.1) is 5.92 Å². The van der Waals surface area contributed by atoms with Gasteiger partial charge in [0.1, 0.15) is 23.7 Å². The molecule has 2 aromatic heterocycles. The van der Waals surface area contributed by atoms with Gasteiger partial charge in [-0.2, -0.15) is 0 Å². The van der Waals surface area contributed by atoms with Gasteiger partial charge in [-0.3, -0.25) is 0 Å². The van der Waals surface area contributed by atoms with E-state index in [0.717, 1.165) is 33.2 Å². The molecule has 0 amide bonds. The topological polar surface area (TPSA) is 93.6 Å². The van der Waals surface area contributed by atoms with E-state index in [2.05, 4.69) is 30.7 Å². The number of pyridine rings is 1. The first-order valence-corrected chi connectivity index (χ1v) is 12.8. The first kappa shape index (κ1) is 25.7. The molecule has 0 saturated carbocycles. The molecule has 0 aliphatic carbocycles. The standard InChI is InChI=1S/C25H29N3O4S2/c1-15(2)11-21-22(17-7-6-8-19(12-17)32-10-9-31-4)27-25(34-21)28-23-20(24(29)30)13-18(14-26-23)16(3)33-5/h6-8,12-15H,3,9-11H2,1-2,4-5H3,(H,29,30)(H,26,27,28). The summed E-state index contributed by atoms with van der Waals surface area (Å²) in [4.78, 5) is 22.9. The summed E-state index contributed by atoms with van der Waals surface area (Å²) in [5, 5.41) is 13.5. The summed E-state index contributed by atoms with van der Waals surface area (Å²) in [6, 6.07) is 9.38. The minimum absolute atomic E-state index is 0.0726. The van der Waals surface area contributed by atoms with Gasteiger partial charge in [-0.25, -0.2) is 14.8 Å². The molecule has 0 aliphatic rings. The molecule has 1 aromatic carbocycles. The maximum Gasteiger partial charge on any atom is 0.339 e. The van der Waals surface area contributed by atoms with Gasteiger partial charge in [0.15, 0.2) is 5.13 Å². The van der Waals surface area contributed by atoms with Crippen LogP contribution in [0.5, 0.6) is 5.75 Å². The van der Waals surface area contributed by atoms with Gasteiger partial charge in [0.2, 0.25) is 0 Å². The number of thiazole rings is 1.